The molecule has 1 saturated carbocycles. The number of hydrogen-bond donors (Lipinski definition) is 1. The maximum absolute atomic E-state index is 9.85. The molecule has 0 radical (unpaired) electrons. The first-order valence-corrected chi connectivity index (χ1v) is 7.96. The molecule has 20 heavy (non-hydrogen) atoms. The lowest BCUT2D eigenvalue weighted by molar-refractivity contribution is 0.0822. The summed E-state index contributed by atoms with van der Waals surface area (Å²) in [6.07, 6.45) is 4.56. The second-order valence-corrected chi connectivity index (χ2v) is 6.96. The first-order chi connectivity index (χ1) is 9.49. The number of halogens is 2. The predicted octanol–water partition coefficient (Wildman–Crippen LogP) is 3.98. The van der Waals surface area contributed by atoms with E-state index in [0.717, 1.165) is 19.4 Å². The van der Waals surface area contributed by atoms with E-state index in [4.69, 9.17) is 23.2 Å². The van der Waals surface area contributed by atoms with Crippen LogP contribution in [0.15, 0.2) is 18.2 Å². The zero-order chi connectivity index (χ0) is 14.8. The van der Waals surface area contributed by atoms with Crippen molar-refractivity contribution in [3.63, 3.8) is 0 Å². The maximum atomic E-state index is 9.85. The van der Waals surface area contributed by atoms with Crippen molar-refractivity contribution in [1.29, 1.82) is 0 Å². The molecule has 1 aromatic carbocycles. The topological polar surface area (TPSA) is 23.5 Å². The fourth-order valence-corrected chi connectivity index (χ4v) is 3.93. The van der Waals surface area contributed by atoms with E-state index in [2.05, 4.69) is 25.1 Å². The minimum Gasteiger partial charge on any atom is -0.396 e. The van der Waals surface area contributed by atoms with Crippen molar-refractivity contribution >= 4 is 23.2 Å². The normalized spacial score (nSPS) is 27.0. The second kappa shape index (κ2) is 6.65. The van der Waals surface area contributed by atoms with Gasteiger partial charge in [-0.1, -0.05) is 42.1 Å². The summed E-state index contributed by atoms with van der Waals surface area (Å²) in [4.78, 5) is 2.20. The Labute approximate surface area is 131 Å². The molecule has 0 aliphatic heterocycles. The molecule has 0 saturated heterocycles. The van der Waals surface area contributed by atoms with Crippen LogP contribution in [-0.2, 0) is 5.41 Å². The molecular weight excluding hydrogens is 293 g/mol. The van der Waals surface area contributed by atoms with E-state index in [1.54, 1.807) is 0 Å². The Bertz CT molecular complexity index is 464. The third-order valence-corrected chi connectivity index (χ3v) is 5.26. The summed E-state index contributed by atoms with van der Waals surface area (Å²) in [5.74, 6) is 0.288. The summed E-state index contributed by atoms with van der Waals surface area (Å²) in [5.41, 5.74) is 1.18. The van der Waals surface area contributed by atoms with Crippen molar-refractivity contribution in [1.82, 2.24) is 4.90 Å². The molecule has 1 aromatic rings. The SMILES string of the molecule is CN(C)CC1(c2ccc(Cl)c(Cl)c2)CCCC[C@H]1CO. The highest BCUT2D eigenvalue weighted by atomic mass is 35.5. The van der Waals surface area contributed by atoms with Crippen LogP contribution in [0.5, 0.6) is 0 Å². The molecule has 0 amide bonds. The summed E-state index contributed by atoms with van der Waals surface area (Å²) in [5, 5.41) is 11.0. The Balaban J connectivity index is 2.46. The van der Waals surface area contributed by atoms with Gasteiger partial charge in [-0.25, -0.2) is 0 Å². The van der Waals surface area contributed by atoms with Gasteiger partial charge in [0.25, 0.3) is 0 Å². The van der Waals surface area contributed by atoms with Crippen LogP contribution in [-0.4, -0.2) is 37.3 Å². The van der Waals surface area contributed by atoms with Crippen LogP contribution < -0.4 is 0 Å². The lowest BCUT2D eigenvalue weighted by Crippen LogP contribution is -2.47. The standard InChI is InChI=1S/C16H23Cl2NO/c1-19(2)11-16(8-4-3-5-13(16)10-20)12-6-7-14(17)15(18)9-12/h6-7,9,13,20H,3-5,8,10-11H2,1-2H3/t13-,16?/m0/s1. The van der Waals surface area contributed by atoms with Crippen LogP contribution in [0.1, 0.15) is 31.2 Å². The molecule has 2 nitrogen and oxygen atoms in total. The summed E-state index contributed by atoms with van der Waals surface area (Å²) in [6.45, 7) is 1.16. The molecule has 1 N–H and O–H groups in total. The van der Waals surface area contributed by atoms with Gasteiger partial charge in [-0.15, -0.1) is 0 Å². The zero-order valence-corrected chi connectivity index (χ0v) is 13.7. The lowest BCUT2D eigenvalue weighted by atomic mass is 9.62. The van der Waals surface area contributed by atoms with E-state index in [9.17, 15) is 5.11 Å². The molecule has 0 aromatic heterocycles. The van der Waals surface area contributed by atoms with Crippen molar-refractivity contribution in [2.24, 2.45) is 5.92 Å². The largest absolute Gasteiger partial charge is 0.396 e. The predicted molar refractivity (Wildman–Crippen MR) is 85.7 cm³/mol. The molecule has 4 heteroatoms. The maximum Gasteiger partial charge on any atom is 0.0595 e. The van der Waals surface area contributed by atoms with Gasteiger partial charge in [-0.05, 0) is 50.6 Å². The smallest absolute Gasteiger partial charge is 0.0595 e. The quantitative estimate of drug-likeness (QED) is 0.908. The van der Waals surface area contributed by atoms with Gasteiger partial charge in [0, 0.05) is 18.6 Å². The minimum atomic E-state index is -0.0231. The number of likely N-dealkylation sites (N-methyl/N-ethyl adjacent to an activating group) is 1. The van der Waals surface area contributed by atoms with E-state index in [1.165, 1.54) is 18.4 Å². The van der Waals surface area contributed by atoms with Gasteiger partial charge in [0.05, 0.1) is 10.0 Å². The molecule has 2 rings (SSSR count). The van der Waals surface area contributed by atoms with Crippen molar-refractivity contribution in [2.75, 3.05) is 27.2 Å². The van der Waals surface area contributed by atoms with E-state index >= 15 is 0 Å². The molecule has 0 bridgehead atoms. The van der Waals surface area contributed by atoms with Crippen LogP contribution >= 0.6 is 23.2 Å². The zero-order valence-electron chi connectivity index (χ0n) is 12.2. The van der Waals surface area contributed by atoms with Crippen LogP contribution in [0.4, 0.5) is 0 Å². The summed E-state index contributed by atoms with van der Waals surface area (Å²) in [6, 6.07) is 5.94. The molecular formula is C16H23Cl2NO. The summed E-state index contributed by atoms with van der Waals surface area (Å²) in [7, 11) is 4.17. The van der Waals surface area contributed by atoms with Gasteiger partial charge in [0.2, 0.25) is 0 Å². The number of aliphatic hydroxyl groups excluding tert-OH is 1. The highest BCUT2D eigenvalue weighted by Gasteiger charge is 2.42. The number of hydrogen-bond acceptors (Lipinski definition) is 2. The van der Waals surface area contributed by atoms with Gasteiger partial charge in [0.15, 0.2) is 0 Å². The fourth-order valence-electron chi connectivity index (χ4n) is 3.63. The van der Waals surface area contributed by atoms with Crippen LogP contribution in [0, 0.1) is 5.92 Å². The van der Waals surface area contributed by atoms with Crippen molar-refractivity contribution in [2.45, 2.75) is 31.1 Å². The Hall–Kier alpha value is -0.280. The van der Waals surface area contributed by atoms with Gasteiger partial charge >= 0.3 is 0 Å². The molecule has 1 aliphatic rings. The first kappa shape index (κ1) is 16.1. The van der Waals surface area contributed by atoms with Crippen molar-refractivity contribution in [3.05, 3.63) is 33.8 Å². The van der Waals surface area contributed by atoms with Crippen LogP contribution in [0.3, 0.4) is 0 Å². The number of nitrogens with zero attached hydrogens (tertiary/aromatic N) is 1. The number of aliphatic hydroxyl groups is 1. The highest BCUT2D eigenvalue weighted by Crippen LogP contribution is 2.45. The molecule has 2 atom stereocenters. The third kappa shape index (κ3) is 3.14. The second-order valence-electron chi connectivity index (χ2n) is 6.15. The Morgan fingerprint density at radius 3 is 2.60 bits per heavy atom. The van der Waals surface area contributed by atoms with Crippen molar-refractivity contribution < 1.29 is 5.11 Å². The lowest BCUT2D eigenvalue weighted by Gasteiger charge is -2.46. The Morgan fingerprint density at radius 2 is 2.00 bits per heavy atom. The number of benzene rings is 1. The third-order valence-electron chi connectivity index (χ3n) is 4.52. The van der Waals surface area contributed by atoms with Gasteiger partial charge < -0.3 is 10.0 Å². The van der Waals surface area contributed by atoms with E-state index < -0.39 is 0 Å². The summed E-state index contributed by atoms with van der Waals surface area (Å²) < 4.78 is 0. The molecule has 0 spiro atoms. The van der Waals surface area contributed by atoms with Gasteiger partial charge in [-0.2, -0.15) is 0 Å². The van der Waals surface area contributed by atoms with Gasteiger partial charge in [-0.3, -0.25) is 0 Å². The molecule has 1 fully saturated rings. The Morgan fingerprint density at radius 1 is 1.25 bits per heavy atom. The molecule has 1 aliphatic carbocycles. The number of rotatable bonds is 4. The van der Waals surface area contributed by atoms with E-state index in [-0.39, 0.29) is 17.9 Å². The molecule has 0 heterocycles. The Kier molecular flexibility index (Phi) is 5.36. The van der Waals surface area contributed by atoms with E-state index in [0.29, 0.717) is 10.0 Å². The summed E-state index contributed by atoms with van der Waals surface area (Å²) >= 11 is 12.3. The monoisotopic (exact) mass is 315 g/mol. The average Bonchev–Trinajstić information content (AvgIpc) is 2.41. The van der Waals surface area contributed by atoms with E-state index in [1.807, 2.05) is 12.1 Å². The first-order valence-electron chi connectivity index (χ1n) is 7.21. The average molecular weight is 316 g/mol. The minimum absolute atomic E-state index is 0.0231. The molecule has 112 valence electrons. The highest BCUT2D eigenvalue weighted by molar-refractivity contribution is 6.42. The van der Waals surface area contributed by atoms with Crippen LogP contribution in [0.25, 0.3) is 0 Å². The van der Waals surface area contributed by atoms with Crippen molar-refractivity contribution in [3.8, 4) is 0 Å². The van der Waals surface area contributed by atoms with Crippen LogP contribution in [0.2, 0.25) is 10.0 Å². The molecule has 1 unspecified atom stereocenters. The van der Waals surface area contributed by atoms with Gasteiger partial charge in [0.1, 0.15) is 0 Å². The fraction of sp³-hybridized carbons (Fsp3) is 0.625.